The van der Waals surface area contributed by atoms with Gasteiger partial charge in [0.2, 0.25) is 0 Å². The molecule has 5 rings (SSSR count). The number of carboxylic acid groups (broad SMARTS) is 1. The molecule has 1 spiro atoms. The van der Waals surface area contributed by atoms with Gasteiger partial charge >= 0.3 is 12.1 Å². The van der Waals surface area contributed by atoms with Crippen LogP contribution in [0.1, 0.15) is 47.5 Å². The SMILES string of the molecule is Cc1nnsc1C(=O)N1CCCC12CCCN(c1ncnc3ccsc13)CC2.O=C(O)C(F)(F)F. The lowest BCUT2D eigenvalue weighted by molar-refractivity contribution is -0.192. The van der Waals surface area contributed by atoms with Gasteiger partial charge in [0.05, 0.1) is 15.9 Å². The predicted octanol–water partition coefficient (Wildman–Crippen LogP) is 4.15. The zero-order chi connectivity index (χ0) is 25.2. The molecule has 1 unspecified atom stereocenters. The maximum absolute atomic E-state index is 13.2. The summed E-state index contributed by atoms with van der Waals surface area (Å²) < 4.78 is 36.9. The average Bonchev–Trinajstić information content (AvgIpc) is 3.52. The third kappa shape index (κ3) is 5.22. The van der Waals surface area contributed by atoms with E-state index in [4.69, 9.17) is 9.90 Å². The third-order valence-corrected chi connectivity index (χ3v) is 8.09. The van der Waals surface area contributed by atoms with Crippen LogP contribution in [0.3, 0.4) is 0 Å². The second-order valence-corrected chi connectivity index (χ2v) is 10.1. The first-order valence-corrected chi connectivity index (χ1v) is 12.6. The van der Waals surface area contributed by atoms with Crippen LogP contribution in [0.5, 0.6) is 0 Å². The van der Waals surface area contributed by atoms with Crippen LogP contribution in [0.25, 0.3) is 10.2 Å². The molecule has 2 saturated heterocycles. The lowest BCUT2D eigenvalue weighted by atomic mass is 9.87. The van der Waals surface area contributed by atoms with Gasteiger partial charge in [0.1, 0.15) is 17.0 Å². The molecule has 2 fully saturated rings. The number of hydrogen-bond donors (Lipinski definition) is 1. The van der Waals surface area contributed by atoms with Crippen molar-refractivity contribution in [3.05, 3.63) is 28.3 Å². The number of carbonyl (C=O) groups is 2. The number of nitrogens with zero attached hydrogens (tertiary/aromatic N) is 6. The van der Waals surface area contributed by atoms with E-state index < -0.39 is 12.1 Å². The van der Waals surface area contributed by atoms with E-state index in [1.165, 1.54) is 11.5 Å². The van der Waals surface area contributed by atoms with Crippen molar-refractivity contribution in [1.82, 2.24) is 24.5 Å². The number of hydrogen-bond acceptors (Lipinski definition) is 9. The van der Waals surface area contributed by atoms with Gasteiger partial charge in [0, 0.05) is 25.2 Å². The number of rotatable bonds is 2. The molecular formula is C21H23F3N6O3S2. The number of aryl methyl sites for hydroxylation is 1. The van der Waals surface area contributed by atoms with E-state index in [1.54, 1.807) is 17.7 Å². The van der Waals surface area contributed by atoms with Crippen molar-refractivity contribution in [3.63, 3.8) is 0 Å². The molecule has 9 nitrogen and oxygen atoms in total. The van der Waals surface area contributed by atoms with Crippen molar-refractivity contribution in [3.8, 4) is 0 Å². The number of anilines is 1. The van der Waals surface area contributed by atoms with Gasteiger partial charge in [-0.1, -0.05) is 4.49 Å². The average molecular weight is 529 g/mol. The summed E-state index contributed by atoms with van der Waals surface area (Å²) in [6, 6.07) is 2.05. The minimum atomic E-state index is -5.08. The molecule has 188 valence electrons. The molecule has 3 aromatic heterocycles. The zero-order valence-corrected chi connectivity index (χ0v) is 20.4. The van der Waals surface area contributed by atoms with Gasteiger partial charge in [-0.2, -0.15) is 13.2 Å². The Morgan fingerprint density at radius 1 is 1.11 bits per heavy atom. The van der Waals surface area contributed by atoms with Crippen LogP contribution in [-0.2, 0) is 4.79 Å². The highest BCUT2D eigenvalue weighted by atomic mass is 32.1. The molecule has 0 radical (unpaired) electrons. The van der Waals surface area contributed by atoms with E-state index in [1.807, 2.05) is 13.0 Å². The Morgan fingerprint density at radius 2 is 1.83 bits per heavy atom. The molecule has 0 bridgehead atoms. The molecule has 0 aromatic carbocycles. The first-order chi connectivity index (χ1) is 16.6. The lowest BCUT2D eigenvalue weighted by Crippen LogP contribution is -2.48. The van der Waals surface area contributed by atoms with Crippen LogP contribution in [0.15, 0.2) is 17.8 Å². The Hall–Kier alpha value is -2.87. The molecule has 3 aromatic rings. The monoisotopic (exact) mass is 528 g/mol. The molecule has 0 saturated carbocycles. The predicted molar refractivity (Wildman–Crippen MR) is 125 cm³/mol. The molecule has 5 heterocycles. The molecule has 14 heteroatoms. The van der Waals surface area contributed by atoms with Crippen molar-refractivity contribution in [1.29, 1.82) is 0 Å². The van der Waals surface area contributed by atoms with Crippen LogP contribution in [0, 0.1) is 6.92 Å². The number of aromatic nitrogens is 4. The number of alkyl halides is 3. The molecule has 2 aliphatic rings. The highest BCUT2D eigenvalue weighted by Gasteiger charge is 2.45. The van der Waals surface area contributed by atoms with Gasteiger partial charge in [-0.05, 0) is 62.0 Å². The fraction of sp³-hybridized carbons (Fsp3) is 0.524. The van der Waals surface area contributed by atoms with Crippen LogP contribution >= 0.6 is 22.9 Å². The number of carbonyl (C=O) groups excluding carboxylic acids is 1. The number of halogens is 3. The molecule has 0 aliphatic carbocycles. The van der Waals surface area contributed by atoms with E-state index in [0.717, 1.165) is 73.5 Å². The van der Waals surface area contributed by atoms with Crippen molar-refractivity contribution < 1.29 is 27.9 Å². The van der Waals surface area contributed by atoms with Crippen LogP contribution in [0.4, 0.5) is 19.0 Å². The van der Waals surface area contributed by atoms with Gasteiger partial charge in [0.15, 0.2) is 0 Å². The van der Waals surface area contributed by atoms with E-state index in [-0.39, 0.29) is 11.4 Å². The number of thiophene rings is 1. The fourth-order valence-electron chi connectivity index (χ4n) is 4.72. The minimum absolute atomic E-state index is 0.0517. The molecule has 1 N–H and O–H groups in total. The standard InChI is InChI=1S/C19H22N6OS2.C2HF3O2/c1-13-15(28-23-22-13)18(26)25-9-3-6-19(25)5-2-8-24(10-7-19)17-16-14(4-11-27-16)20-12-21-17;3-2(4,5)1(6)7/h4,11-12H,2-3,5-10H2,1H3;(H,6,7). The summed E-state index contributed by atoms with van der Waals surface area (Å²) in [4.78, 5) is 36.3. The Labute approximate surface area is 206 Å². The molecule has 1 atom stereocenters. The molecular weight excluding hydrogens is 505 g/mol. The Bertz CT molecular complexity index is 1220. The van der Waals surface area contributed by atoms with Gasteiger partial charge < -0.3 is 14.9 Å². The normalized spacial score (nSPS) is 20.6. The van der Waals surface area contributed by atoms with Crippen LogP contribution in [-0.4, -0.2) is 72.8 Å². The summed E-state index contributed by atoms with van der Waals surface area (Å²) in [6.45, 7) is 4.58. The van der Waals surface area contributed by atoms with Crippen molar-refractivity contribution in [2.24, 2.45) is 0 Å². The fourth-order valence-corrected chi connectivity index (χ4v) is 6.19. The topological polar surface area (TPSA) is 112 Å². The minimum Gasteiger partial charge on any atom is -0.475 e. The van der Waals surface area contributed by atoms with Crippen molar-refractivity contribution >= 4 is 50.8 Å². The Balaban J connectivity index is 0.000000364. The first kappa shape index (κ1) is 25.2. The highest BCUT2D eigenvalue weighted by Crippen LogP contribution is 2.41. The maximum Gasteiger partial charge on any atom is 0.490 e. The quantitative estimate of drug-likeness (QED) is 0.528. The maximum atomic E-state index is 13.2. The number of carboxylic acids is 1. The largest absolute Gasteiger partial charge is 0.490 e. The number of amides is 1. The number of aliphatic carboxylic acids is 1. The number of fused-ring (bicyclic) bond motifs is 1. The summed E-state index contributed by atoms with van der Waals surface area (Å²) in [5, 5.41) is 13.2. The lowest BCUT2D eigenvalue weighted by Gasteiger charge is -2.38. The summed E-state index contributed by atoms with van der Waals surface area (Å²) in [7, 11) is 0. The summed E-state index contributed by atoms with van der Waals surface area (Å²) in [5.41, 5.74) is 1.71. The van der Waals surface area contributed by atoms with Gasteiger partial charge in [-0.25, -0.2) is 14.8 Å². The van der Waals surface area contributed by atoms with Gasteiger partial charge in [-0.3, -0.25) is 4.79 Å². The highest BCUT2D eigenvalue weighted by molar-refractivity contribution is 7.17. The summed E-state index contributed by atoms with van der Waals surface area (Å²) >= 11 is 2.92. The van der Waals surface area contributed by atoms with E-state index >= 15 is 0 Å². The number of likely N-dealkylation sites (tertiary alicyclic amines) is 1. The zero-order valence-electron chi connectivity index (χ0n) is 18.8. The van der Waals surface area contributed by atoms with Crippen molar-refractivity contribution in [2.75, 3.05) is 24.5 Å². The first-order valence-electron chi connectivity index (χ1n) is 11.0. The second-order valence-electron chi connectivity index (χ2n) is 8.45. The summed E-state index contributed by atoms with van der Waals surface area (Å²) in [6.07, 6.45) is 1.80. The van der Waals surface area contributed by atoms with Crippen LogP contribution < -0.4 is 4.90 Å². The molecule has 2 aliphatic heterocycles. The van der Waals surface area contributed by atoms with E-state index in [9.17, 15) is 18.0 Å². The third-order valence-electron chi connectivity index (χ3n) is 6.37. The summed E-state index contributed by atoms with van der Waals surface area (Å²) in [5.74, 6) is -1.61. The van der Waals surface area contributed by atoms with Gasteiger partial charge in [0.25, 0.3) is 5.91 Å². The molecule has 1 amide bonds. The second kappa shape index (κ2) is 10.0. The Morgan fingerprint density at radius 3 is 2.49 bits per heavy atom. The van der Waals surface area contributed by atoms with E-state index in [0.29, 0.717) is 4.88 Å². The Kier molecular flexibility index (Phi) is 7.22. The van der Waals surface area contributed by atoms with Crippen LogP contribution in [0.2, 0.25) is 0 Å². The van der Waals surface area contributed by atoms with E-state index in [2.05, 4.69) is 34.7 Å². The van der Waals surface area contributed by atoms with Crippen molar-refractivity contribution in [2.45, 2.75) is 50.7 Å². The van der Waals surface area contributed by atoms with Gasteiger partial charge in [-0.15, -0.1) is 16.4 Å². The smallest absolute Gasteiger partial charge is 0.475 e. The molecule has 35 heavy (non-hydrogen) atoms.